The van der Waals surface area contributed by atoms with Crippen molar-refractivity contribution in [2.75, 3.05) is 7.05 Å². The Labute approximate surface area is 139 Å². The highest BCUT2D eigenvalue weighted by Crippen LogP contribution is 2.33. The Hall–Kier alpha value is -0.940. The fourth-order valence-electron chi connectivity index (χ4n) is 3.77. The Kier molecular flexibility index (Phi) is 4.83. The van der Waals surface area contributed by atoms with Gasteiger partial charge in [-0.05, 0) is 43.4 Å². The number of halogens is 2. The molecule has 3 rings (SSSR count). The van der Waals surface area contributed by atoms with Crippen LogP contribution in [0.1, 0.15) is 37.7 Å². The largest absolute Gasteiger partial charge is 0.340 e. The number of nitrogens with zero attached hydrogens (tertiary/aromatic N) is 1. The smallest absolute Gasteiger partial charge is 0.239 e. The summed E-state index contributed by atoms with van der Waals surface area (Å²) in [6.07, 6.45) is 5.87. The van der Waals surface area contributed by atoms with Crippen molar-refractivity contribution in [3.05, 3.63) is 34.1 Å². The van der Waals surface area contributed by atoms with Crippen molar-refractivity contribution in [1.29, 1.82) is 0 Å². The number of fused-ring (bicyclic) bond motifs is 1. The fourth-order valence-corrected chi connectivity index (χ4v) is 4.18. The number of hydrogen-bond acceptors (Lipinski definition) is 2. The Bertz CT molecular complexity index is 552. The normalized spacial score (nSPS) is 27.5. The number of benzene rings is 1. The van der Waals surface area contributed by atoms with Crippen molar-refractivity contribution in [2.45, 2.75) is 50.7 Å². The Morgan fingerprint density at radius 3 is 2.95 bits per heavy atom. The first-order chi connectivity index (χ1) is 10.5. The molecule has 1 amide bonds. The van der Waals surface area contributed by atoms with Gasteiger partial charge in [-0.15, -0.1) is 0 Å². The molecule has 3 atom stereocenters. The molecule has 1 heterocycles. The number of amides is 1. The van der Waals surface area contributed by atoms with E-state index in [-0.39, 0.29) is 17.8 Å². The number of nitrogens with one attached hydrogen (secondary N) is 1. The van der Waals surface area contributed by atoms with Crippen LogP contribution in [0, 0.1) is 11.7 Å². The van der Waals surface area contributed by atoms with Gasteiger partial charge >= 0.3 is 0 Å². The summed E-state index contributed by atoms with van der Waals surface area (Å²) in [6, 6.07) is 5.23. The number of rotatable bonds is 3. The molecule has 1 saturated carbocycles. The second-order valence-electron chi connectivity index (χ2n) is 6.54. The predicted molar refractivity (Wildman–Crippen MR) is 87.9 cm³/mol. The molecule has 3 unspecified atom stereocenters. The standard InChI is InChI=1S/C17H22BrFN2O/c1-21(10-12-8-13(18)6-7-14(12)19)17(22)16-9-11-4-2-3-5-15(11)20-16/h6-8,11,15-16,20H,2-5,9-10H2,1H3. The molecule has 2 fully saturated rings. The molecule has 3 nitrogen and oxygen atoms in total. The first kappa shape index (κ1) is 15.9. The maximum atomic E-state index is 13.8. The van der Waals surface area contributed by atoms with Crippen LogP contribution in [0.25, 0.3) is 0 Å². The maximum absolute atomic E-state index is 13.8. The molecular formula is C17H22BrFN2O. The first-order valence-corrected chi connectivity index (χ1v) is 8.79. The lowest BCUT2D eigenvalue weighted by atomic mass is 9.85. The van der Waals surface area contributed by atoms with Crippen molar-refractivity contribution >= 4 is 21.8 Å². The summed E-state index contributed by atoms with van der Waals surface area (Å²) in [7, 11) is 1.76. The van der Waals surface area contributed by atoms with Crippen molar-refractivity contribution in [2.24, 2.45) is 5.92 Å². The van der Waals surface area contributed by atoms with E-state index in [1.165, 1.54) is 31.7 Å². The van der Waals surface area contributed by atoms with Gasteiger partial charge in [0, 0.05) is 29.7 Å². The van der Waals surface area contributed by atoms with Crippen LogP contribution in [0.15, 0.2) is 22.7 Å². The summed E-state index contributed by atoms with van der Waals surface area (Å²) in [4.78, 5) is 14.3. The maximum Gasteiger partial charge on any atom is 0.239 e. The summed E-state index contributed by atoms with van der Waals surface area (Å²) in [5, 5.41) is 3.49. The van der Waals surface area contributed by atoms with Gasteiger partial charge in [0.1, 0.15) is 5.82 Å². The van der Waals surface area contributed by atoms with Crippen molar-refractivity contribution in [3.8, 4) is 0 Å². The summed E-state index contributed by atoms with van der Waals surface area (Å²) in [5.41, 5.74) is 0.542. The second-order valence-corrected chi connectivity index (χ2v) is 7.45. The minimum atomic E-state index is -0.268. The third-order valence-corrected chi connectivity index (χ3v) is 5.45. The van der Waals surface area contributed by atoms with Crippen LogP contribution >= 0.6 is 15.9 Å². The van der Waals surface area contributed by atoms with E-state index in [9.17, 15) is 9.18 Å². The third kappa shape index (κ3) is 3.35. The van der Waals surface area contributed by atoms with Crippen molar-refractivity contribution in [1.82, 2.24) is 10.2 Å². The quantitative estimate of drug-likeness (QED) is 0.885. The third-order valence-electron chi connectivity index (χ3n) is 4.95. The minimum absolute atomic E-state index is 0.0776. The molecule has 1 N–H and O–H groups in total. The van der Waals surface area contributed by atoms with Gasteiger partial charge in [-0.1, -0.05) is 28.8 Å². The average Bonchev–Trinajstić information content (AvgIpc) is 2.94. The SMILES string of the molecule is CN(Cc1cc(Br)ccc1F)C(=O)C1CC2CCCCC2N1. The molecular weight excluding hydrogens is 347 g/mol. The fraction of sp³-hybridized carbons (Fsp3) is 0.588. The zero-order valence-corrected chi connectivity index (χ0v) is 14.4. The summed E-state index contributed by atoms with van der Waals surface area (Å²) in [5.74, 6) is 0.448. The number of hydrogen-bond donors (Lipinski definition) is 1. The van der Waals surface area contributed by atoms with Crippen LogP contribution in [-0.2, 0) is 11.3 Å². The molecule has 0 bridgehead atoms. The van der Waals surface area contributed by atoms with Crippen molar-refractivity contribution in [3.63, 3.8) is 0 Å². The molecule has 0 spiro atoms. The van der Waals surface area contributed by atoms with Gasteiger partial charge in [-0.25, -0.2) is 4.39 Å². The van der Waals surface area contributed by atoms with Gasteiger partial charge in [-0.2, -0.15) is 0 Å². The Morgan fingerprint density at radius 2 is 2.18 bits per heavy atom. The summed E-state index contributed by atoms with van der Waals surface area (Å²) < 4.78 is 14.7. The van der Waals surface area contributed by atoms with Gasteiger partial charge in [-0.3, -0.25) is 4.79 Å². The predicted octanol–water partition coefficient (Wildman–Crippen LogP) is 3.47. The van der Waals surface area contributed by atoms with Crippen LogP contribution in [-0.4, -0.2) is 29.9 Å². The van der Waals surface area contributed by atoms with Gasteiger partial charge in [0.25, 0.3) is 0 Å². The monoisotopic (exact) mass is 368 g/mol. The Morgan fingerprint density at radius 1 is 1.41 bits per heavy atom. The van der Waals surface area contributed by atoms with Gasteiger partial charge in [0.05, 0.1) is 6.04 Å². The van der Waals surface area contributed by atoms with Crippen LogP contribution in [0.2, 0.25) is 0 Å². The second kappa shape index (κ2) is 6.67. The molecule has 1 aromatic rings. The minimum Gasteiger partial charge on any atom is -0.340 e. The summed E-state index contributed by atoms with van der Waals surface area (Å²) in [6.45, 7) is 0.303. The van der Waals surface area contributed by atoms with E-state index in [0.29, 0.717) is 24.1 Å². The highest BCUT2D eigenvalue weighted by Gasteiger charge is 2.39. The zero-order chi connectivity index (χ0) is 15.7. The number of carbonyl (C=O) groups excluding carboxylic acids is 1. The molecule has 0 radical (unpaired) electrons. The van der Waals surface area contributed by atoms with E-state index < -0.39 is 0 Å². The van der Waals surface area contributed by atoms with Crippen molar-refractivity contribution < 1.29 is 9.18 Å². The lowest BCUT2D eigenvalue weighted by molar-refractivity contribution is -0.132. The van der Waals surface area contributed by atoms with Gasteiger partial charge < -0.3 is 10.2 Å². The van der Waals surface area contributed by atoms with Crippen LogP contribution in [0.3, 0.4) is 0 Å². The van der Waals surface area contributed by atoms with E-state index in [1.54, 1.807) is 24.1 Å². The average molecular weight is 369 g/mol. The van der Waals surface area contributed by atoms with Crippen LogP contribution in [0.5, 0.6) is 0 Å². The molecule has 22 heavy (non-hydrogen) atoms. The topological polar surface area (TPSA) is 32.3 Å². The highest BCUT2D eigenvalue weighted by molar-refractivity contribution is 9.10. The van der Waals surface area contributed by atoms with E-state index >= 15 is 0 Å². The van der Waals surface area contributed by atoms with Gasteiger partial charge in [0.15, 0.2) is 0 Å². The van der Waals surface area contributed by atoms with Gasteiger partial charge in [0.2, 0.25) is 5.91 Å². The van der Waals surface area contributed by atoms with E-state index in [4.69, 9.17) is 0 Å². The lowest BCUT2D eigenvalue weighted by Gasteiger charge is -2.24. The summed E-state index contributed by atoms with van der Waals surface area (Å²) >= 11 is 3.35. The lowest BCUT2D eigenvalue weighted by Crippen LogP contribution is -2.43. The van der Waals surface area contributed by atoms with E-state index in [1.807, 2.05) is 0 Å². The first-order valence-electron chi connectivity index (χ1n) is 7.99. The molecule has 1 aliphatic heterocycles. The van der Waals surface area contributed by atoms with Crippen LogP contribution < -0.4 is 5.32 Å². The number of likely N-dealkylation sites (N-methyl/N-ethyl adjacent to an activating group) is 1. The number of carbonyl (C=O) groups is 1. The molecule has 2 aliphatic rings. The van der Waals surface area contributed by atoms with E-state index in [0.717, 1.165) is 10.9 Å². The van der Waals surface area contributed by atoms with E-state index in [2.05, 4.69) is 21.2 Å². The molecule has 1 aromatic carbocycles. The molecule has 1 saturated heterocycles. The molecule has 5 heteroatoms. The molecule has 120 valence electrons. The molecule has 1 aliphatic carbocycles. The van der Waals surface area contributed by atoms with Crippen LogP contribution in [0.4, 0.5) is 4.39 Å². The molecule has 0 aromatic heterocycles. The zero-order valence-electron chi connectivity index (χ0n) is 12.8. The Balaban J connectivity index is 1.63. The highest BCUT2D eigenvalue weighted by atomic mass is 79.9.